The normalized spacial score (nSPS) is 11.3. The Balaban J connectivity index is 3.20. The van der Waals surface area contributed by atoms with Crippen LogP contribution in [0.25, 0.3) is 0 Å². The Morgan fingerprint density at radius 1 is 1.33 bits per heavy atom. The summed E-state index contributed by atoms with van der Waals surface area (Å²) in [4.78, 5) is 10.7. The molecular formula is C12H15ClO2. The molecule has 0 heterocycles. The van der Waals surface area contributed by atoms with Crippen molar-refractivity contribution in [3.8, 4) is 5.75 Å². The molecule has 0 atom stereocenters. The molecule has 0 aromatic heterocycles. The Morgan fingerprint density at radius 2 is 1.93 bits per heavy atom. The minimum absolute atomic E-state index is 0.0740. The molecule has 0 radical (unpaired) electrons. The smallest absolute Gasteiger partial charge is 0.409 e. The topological polar surface area (TPSA) is 26.3 Å². The number of hydrogen-bond donors (Lipinski definition) is 0. The molecule has 0 N–H and O–H groups in total. The molecule has 15 heavy (non-hydrogen) atoms. The van der Waals surface area contributed by atoms with Crippen molar-refractivity contribution in [2.45, 2.75) is 33.1 Å². The minimum atomic E-state index is -0.800. The molecule has 0 bridgehead atoms. The van der Waals surface area contributed by atoms with Crippen LogP contribution in [0.2, 0.25) is 0 Å². The fourth-order valence-corrected chi connectivity index (χ4v) is 1.50. The van der Waals surface area contributed by atoms with Crippen molar-refractivity contribution in [2.75, 3.05) is 0 Å². The molecule has 0 saturated heterocycles. The Labute approximate surface area is 95.2 Å². The van der Waals surface area contributed by atoms with Gasteiger partial charge in [0.05, 0.1) is 0 Å². The maximum atomic E-state index is 10.7. The summed E-state index contributed by atoms with van der Waals surface area (Å²) in [6.45, 7) is 8.12. The summed E-state index contributed by atoms with van der Waals surface area (Å²) < 4.78 is 4.98. The van der Waals surface area contributed by atoms with E-state index in [-0.39, 0.29) is 5.41 Å². The Kier molecular flexibility index (Phi) is 3.40. The Morgan fingerprint density at radius 3 is 2.40 bits per heavy atom. The van der Waals surface area contributed by atoms with Gasteiger partial charge in [-0.2, -0.15) is 0 Å². The van der Waals surface area contributed by atoms with E-state index in [9.17, 15) is 4.79 Å². The number of aryl methyl sites for hydroxylation is 1. The molecule has 0 amide bonds. The van der Waals surface area contributed by atoms with Gasteiger partial charge >= 0.3 is 5.43 Å². The summed E-state index contributed by atoms with van der Waals surface area (Å²) in [5, 5.41) is 0. The van der Waals surface area contributed by atoms with E-state index >= 15 is 0 Å². The average Bonchev–Trinajstić information content (AvgIpc) is 1.99. The summed E-state index contributed by atoms with van der Waals surface area (Å²) in [5.74, 6) is 0.544. The van der Waals surface area contributed by atoms with Crippen molar-refractivity contribution >= 4 is 17.0 Å². The first-order valence-electron chi connectivity index (χ1n) is 4.79. The maximum absolute atomic E-state index is 10.7. The predicted octanol–water partition coefficient (Wildman–Crippen LogP) is 4.03. The van der Waals surface area contributed by atoms with Crippen LogP contribution >= 0.6 is 11.6 Å². The number of hydrogen-bond acceptors (Lipinski definition) is 2. The van der Waals surface area contributed by atoms with E-state index in [1.165, 1.54) is 0 Å². The van der Waals surface area contributed by atoms with Crippen LogP contribution in [0.3, 0.4) is 0 Å². The average molecular weight is 227 g/mol. The summed E-state index contributed by atoms with van der Waals surface area (Å²) in [5.41, 5.74) is 1.14. The van der Waals surface area contributed by atoms with Crippen molar-refractivity contribution in [1.82, 2.24) is 0 Å². The lowest BCUT2D eigenvalue weighted by atomic mass is 9.86. The monoisotopic (exact) mass is 226 g/mol. The van der Waals surface area contributed by atoms with E-state index in [2.05, 4.69) is 20.8 Å². The lowest BCUT2D eigenvalue weighted by Crippen LogP contribution is -2.14. The van der Waals surface area contributed by atoms with E-state index in [0.717, 1.165) is 11.1 Å². The third kappa shape index (κ3) is 3.24. The first-order chi connectivity index (χ1) is 6.80. The van der Waals surface area contributed by atoms with Crippen LogP contribution in [0.15, 0.2) is 18.2 Å². The van der Waals surface area contributed by atoms with E-state index in [4.69, 9.17) is 16.3 Å². The van der Waals surface area contributed by atoms with E-state index in [1.54, 1.807) is 0 Å². The highest BCUT2D eigenvalue weighted by atomic mass is 35.5. The zero-order valence-electron chi connectivity index (χ0n) is 9.43. The van der Waals surface area contributed by atoms with Gasteiger partial charge in [-0.05, 0) is 24.0 Å². The molecule has 0 unspecified atom stereocenters. The van der Waals surface area contributed by atoms with Gasteiger partial charge < -0.3 is 4.74 Å². The second-order valence-electron chi connectivity index (χ2n) is 4.59. The van der Waals surface area contributed by atoms with Crippen LogP contribution in [0.1, 0.15) is 31.9 Å². The molecule has 1 aromatic rings. The van der Waals surface area contributed by atoms with Crippen LogP contribution in [0.4, 0.5) is 4.79 Å². The van der Waals surface area contributed by atoms with Gasteiger partial charge in [-0.1, -0.05) is 32.9 Å². The Hall–Kier alpha value is -1.02. The zero-order valence-corrected chi connectivity index (χ0v) is 10.2. The Bertz CT molecular complexity index is 378. The lowest BCUT2D eigenvalue weighted by molar-refractivity contribution is 0.224. The number of carbonyl (C=O) groups is 1. The van der Waals surface area contributed by atoms with Crippen LogP contribution in [0, 0.1) is 6.92 Å². The van der Waals surface area contributed by atoms with Crippen LogP contribution in [-0.4, -0.2) is 5.43 Å². The quantitative estimate of drug-likeness (QED) is 0.676. The summed E-state index contributed by atoms with van der Waals surface area (Å²) >= 11 is 5.23. The molecule has 2 nitrogen and oxygen atoms in total. The first kappa shape index (κ1) is 12.1. The molecule has 0 fully saturated rings. The van der Waals surface area contributed by atoms with Crippen LogP contribution in [-0.2, 0) is 5.41 Å². The zero-order chi connectivity index (χ0) is 11.6. The van der Waals surface area contributed by atoms with Crippen LogP contribution < -0.4 is 4.74 Å². The fraction of sp³-hybridized carbons (Fsp3) is 0.417. The number of carbonyl (C=O) groups excluding carboxylic acids is 1. The van der Waals surface area contributed by atoms with Crippen molar-refractivity contribution in [3.63, 3.8) is 0 Å². The molecule has 0 aliphatic carbocycles. The third-order valence-corrected chi connectivity index (χ3v) is 2.21. The summed E-state index contributed by atoms with van der Waals surface area (Å²) in [6.07, 6.45) is 0. The van der Waals surface area contributed by atoms with Gasteiger partial charge in [0.15, 0.2) is 0 Å². The second kappa shape index (κ2) is 4.23. The van der Waals surface area contributed by atoms with Gasteiger partial charge in [0.25, 0.3) is 0 Å². The third-order valence-electron chi connectivity index (χ3n) is 2.14. The van der Waals surface area contributed by atoms with E-state index < -0.39 is 5.43 Å². The predicted molar refractivity (Wildman–Crippen MR) is 61.8 cm³/mol. The summed E-state index contributed by atoms with van der Waals surface area (Å²) in [7, 11) is 0. The second-order valence-corrected chi connectivity index (χ2v) is 4.90. The number of rotatable bonds is 1. The molecule has 0 aliphatic heterocycles. The van der Waals surface area contributed by atoms with Crippen molar-refractivity contribution in [1.29, 1.82) is 0 Å². The molecule has 82 valence electrons. The van der Waals surface area contributed by atoms with Crippen molar-refractivity contribution in [3.05, 3.63) is 29.3 Å². The molecule has 3 heteroatoms. The van der Waals surface area contributed by atoms with Crippen LogP contribution in [0.5, 0.6) is 5.75 Å². The van der Waals surface area contributed by atoms with Gasteiger partial charge in [0, 0.05) is 17.2 Å². The molecule has 0 aliphatic rings. The molecule has 0 saturated carbocycles. The number of benzene rings is 1. The highest BCUT2D eigenvalue weighted by molar-refractivity contribution is 6.61. The molecule has 1 aromatic carbocycles. The van der Waals surface area contributed by atoms with Crippen molar-refractivity contribution < 1.29 is 9.53 Å². The van der Waals surface area contributed by atoms with Gasteiger partial charge in [0.2, 0.25) is 0 Å². The SMILES string of the molecule is Cc1ccc(C(C)(C)C)c(OC(=O)Cl)c1. The fourth-order valence-electron chi connectivity index (χ4n) is 1.42. The van der Waals surface area contributed by atoms with E-state index in [1.807, 2.05) is 25.1 Å². The van der Waals surface area contributed by atoms with Gasteiger partial charge in [-0.25, -0.2) is 4.79 Å². The molecule has 0 spiro atoms. The number of halogens is 1. The highest BCUT2D eigenvalue weighted by Crippen LogP contribution is 2.32. The molecular weight excluding hydrogens is 212 g/mol. The molecule has 1 rings (SSSR count). The standard InChI is InChI=1S/C12H15ClO2/c1-8-5-6-9(12(2,3)4)10(7-8)15-11(13)14/h5-7H,1-4H3. The van der Waals surface area contributed by atoms with Gasteiger partial charge in [-0.15, -0.1) is 0 Å². The largest absolute Gasteiger partial charge is 0.414 e. The maximum Gasteiger partial charge on any atom is 0.409 e. The highest BCUT2D eigenvalue weighted by Gasteiger charge is 2.20. The lowest BCUT2D eigenvalue weighted by Gasteiger charge is -2.22. The van der Waals surface area contributed by atoms with E-state index in [0.29, 0.717) is 5.75 Å². The van der Waals surface area contributed by atoms with Gasteiger partial charge in [0.1, 0.15) is 5.75 Å². The number of ether oxygens (including phenoxy) is 1. The first-order valence-corrected chi connectivity index (χ1v) is 5.17. The van der Waals surface area contributed by atoms with Gasteiger partial charge in [-0.3, -0.25) is 0 Å². The van der Waals surface area contributed by atoms with Crippen molar-refractivity contribution in [2.24, 2.45) is 0 Å². The minimum Gasteiger partial charge on any atom is -0.414 e. The summed E-state index contributed by atoms with van der Waals surface area (Å²) in [6, 6.07) is 5.78.